The van der Waals surface area contributed by atoms with Gasteiger partial charge in [0.15, 0.2) is 5.96 Å². The van der Waals surface area contributed by atoms with Crippen LogP contribution in [0, 0.1) is 0 Å². The molecule has 0 heterocycles. The Hall–Kier alpha value is -3.36. The number of nitrogens with one attached hydrogen (secondary N) is 3. The minimum absolute atomic E-state index is 0.0299. The second kappa shape index (κ2) is 15.6. The Morgan fingerprint density at radius 1 is 1.00 bits per heavy atom. The van der Waals surface area contributed by atoms with Crippen LogP contribution in [-0.2, 0) is 25.6 Å². The lowest BCUT2D eigenvalue weighted by Gasteiger charge is -2.26. The normalized spacial score (nSPS) is 14.9. The minimum atomic E-state index is -1.42. The van der Waals surface area contributed by atoms with Gasteiger partial charge in [-0.1, -0.05) is 30.3 Å². The lowest BCUT2D eigenvalue weighted by molar-refractivity contribution is -0.141. The van der Waals surface area contributed by atoms with E-state index in [2.05, 4.69) is 33.6 Å². The SMILES string of the molecule is CC(O)C(NC(=O)C(N)CCCN=C(N)N)C(=O)NC(Cc1ccccc1)C(=O)NC(CS)C(=O)O. The monoisotopic (exact) mass is 525 g/mol. The Morgan fingerprint density at radius 3 is 2.14 bits per heavy atom. The number of nitrogens with two attached hydrogens (primary N) is 3. The summed E-state index contributed by atoms with van der Waals surface area (Å²) in [6.45, 7) is 1.56. The number of aliphatic hydroxyl groups is 1. The highest BCUT2D eigenvalue weighted by atomic mass is 32.1. The molecular formula is C22H35N7O6S. The molecule has 3 amide bonds. The predicted molar refractivity (Wildman–Crippen MR) is 137 cm³/mol. The molecule has 14 heteroatoms. The number of hydrogen-bond acceptors (Lipinski definition) is 8. The maximum absolute atomic E-state index is 13.0. The quantitative estimate of drug-likeness (QED) is 0.0507. The fourth-order valence-corrected chi connectivity index (χ4v) is 3.34. The van der Waals surface area contributed by atoms with Gasteiger partial charge in [-0.15, -0.1) is 0 Å². The lowest BCUT2D eigenvalue weighted by Crippen LogP contribution is -2.60. The average Bonchev–Trinajstić information content (AvgIpc) is 2.82. The number of guanidine groups is 1. The molecule has 13 nitrogen and oxygen atoms in total. The van der Waals surface area contributed by atoms with Crippen molar-refractivity contribution in [1.29, 1.82) is 0 Å². The highest BCUT2D eigenvalue weighted by molar-refractivity contribution is 7.80. The van der Waals surface area contributed by atoms with Crippen LogP contribution in [-0.4, -0.2) is 82.4 Å². The average molecular weight is 526 g/mol. The summed E-state index contributed by atoms with van der Waals surface area (Å²) < 4.78 is 0. The molecule has 0 spiro atoms. The summed E-state index contributed by atoms with van der Waals surface area (Å²) in [5, 5.41) is 26.6. The van der Waals surface area contributed by atoms with Crippen molar-refractivity contribution in [3.8, 4) is 0 Å². The maximum atomic E-state index is 13.0. The van der Waals surface area contributed by atoms with E-state index in [0.717, 1.165) is 0 Å². The molecule has 0 aliphatic heterocycles. The van der Waals surface area contributed by atoms with Crippen molar-refractivity contribution in [1.82, 2.24) is 16.0 Å². The summed E-state index contributed by atoms with van der Waals surface area (Å²) >= 11 is 3.93. The van der Waals surface area contributed by atoms with Gasteiger partial charge in [-0.2, -0.15) is 12.6 Å². The van der Waals surface area contributed by atoms with E-state index in [-0.39, 0.29) is 31.1 Å². The molecule has 0 saturated carbocycles. The topological polar surface area (TPSA) is 235 Å². The second-order valence-electron chi connectivity index (χ2n) is 8.12. The summed E-state index contributed by atoms with van der Waals surface area (Å²) in [7, 11) is 0. The van der Waals surface area contributed by atoms with Crippen molar-refractivity contribution in [3.63, 3.8) is 0 Å². The van der Waals surface area contributed by atoms with E-state index >= 15 is 0 Å². The number of nitrogens with zero attached hydrogens (tertiary/aromatic N) is 1. The number of aliphatic hydroxyl groups excluding tert-OH is 1. The number of thiol groups is 1. The number of carboxylic acid groups (broad SMARTS) is 1. The molecule has 1 rings (SSSR count). The van der Waals surface area contributed by atoms with Crippen LogP contribution in [0.3, 0.4) is 0 Å². The lowest BCUT2D eigenvalue weighted by atomic mass is 10.0. The summed E-state index contributed by atoms with van der Waals surface area (Å²) in [6, 6.07) is 3.83. The van der Waals surface area contributed by atoms with Gasteiger partial charge in [-0.3, -0.25) is 19.4 Å². The Labute approximate surface area is 214 Å². The van der Waals surface area contributed by atoms with E-state index in [0.29, 0.717) is 12.0 Å². The van der Waals surface area contributed by atoms with Crippen LogP contribution in [0.1, 0.15) is 25.3 Å². The van der Waals surface area contributed by atoms with Gasteiger partial charge in [0.25, 0.3) is 0 Å². The van der Waals surface area contributed by atoms with Crippen LogP contribution in [0.15, 0.2) is 35.3 Å². The molecule has 0 bridgehead atoms. The molecular weight excluding hydrogens is 490 g/mol. The van der Waals surface area contributed by atoms with E-state index in [9.17, 15) is 29.4 Å². The molecule has 5 atom stereocenters. The van der Waals surface area contributed by atoms with Gasteiger partial charge >= 0.3 is 5.97 Å². The fourth-order valence-electron chi connectivity index (χ4n) is 3.09. The van der Waals surface area contributed by atoms with Crippen LogP contribution in [0.4, 0.5) is 0 Å². The summed E-state index contributed by atoms with van der Waals surface area (Å²) in [4.78, 5) is 53.4. The van der Waals surface area contributed by atoms with Crippen molar-refractivity contribution < 1.29 is 29.4 Å². The molecule has 0 saturated heterocycles. The van der Waals surface area contributed by atoms with Crippen molar-refractivity contribution in [2.45, 2.75) is 56.5 Å². The van der Waals surface area contributed by atoms with Crippen LogP contribution in [0.25, 0.3) is 0 Å². The number of carbonyl (C=O) groups is 4. The first-order valence-corrected chi connectivity index (χ1v) is 11.9. The maximum Gasteiger partial charge on any atom is 0.327 e. The largest absolute Gasteiger partial charge is 0.480 e. The van der Waals surface area contributed by atoms with Crippen LogP contribution >= 0.6 is 12.6 Å². The standard InChI is InChI=1S/C22H35N7O6S/c1-12(30)17(29-18(31)14(23)8-5-9-26-22(24)25)20(33)27-15(10-13-6-3-2-4-7-13)19(32)28-16(11-36)21(34)35/h2-4,6-7,12,14-17,30,36H,5,8-11,23H2,1H3,(H,27,33)(H,28,32)(H,29,31)(H,34,35)(H4,24,25,26). The molecule has 1 aromatic rings. The molecule has 0 radical (unpaired) electrons. The third-order valence-electron chi connectivity index (χ3n) is 5.08. The Kier molecular flexibility index (Phi) is 13.3. The Bertz CT molecular complexity index is 911. The third-order valence-corrected chi connectivity index (χ3v) is 5.44. The minimum Gasteiger partial charge on any atom is -0.480 e. The molecule has 200 valence electrons. The Morgan fingerprint density at radius 2 is 1.61 bits per heavy atom. The third kappa shape index (κ3) is 10.9. The van der Waals surface area contributed by atoms with Crippen LogP contribution < -0.4 is 33.2 Å². The zero-order valence-electron chi connectivity index (χ0n) is 20.0. The van der Waals surface area contributed by atoms with Gasteiger partial charge in [0, 0.05) is 18.7 Å². The number of benzene rings is 1. The van der Waals surface area contributed by atoms with Gasteiger partial charge in [0.1, 0.15) is 18.1 Å². The van der Waals surface area contributed by atoms with Crippen LogP contribution in [0.5, 0.6) is 0 Å². The molecule has 0 aliphatic rings. The number of amides is 3. The van der Waals surface area contributed by atoms with E-state index < -0.39 is 54.0 Å². The number of rotatable bonds is 15. The van der Waals surface area contributed by atoms with Gasteiger partial charge in [0.2, 0.25) is 17.7 Å². The smallest absolute Gasteiger partial charge is 0.327 e. The first-order chi connectivity index (χ1) is 17.0. The molecule has 0 aliphatic carbocycles. The summed E-state index contributed by atoms with van der Waals surface area (Å²) in [5.74, 6) is -3.84. The number of aliphatic carboxylic acids is 1. The highest BCUT2D eigenvalue weighted by Gasteiger charge is 2.32. The van der Waals surface area contributed by atoms with Crippen molar-refractivity contribution in [2.24, 2.45) is 22.2 Å². The Balaban J connectivity index is 2.95. The zero-order valence-corrected chi connectivity index (χ0v) is 20.9. The zero-order chi connectivity index (χ0) is 27.3. The van der Waals surface area contributed by atoms with Crippen molar-refractivity contribution in [2.75, 3.05) is 12.3 Å². The molecule has 0 fully saturated rings. The van der Waals surface area contributed by atoms with E-state index in [4.69, 9.17) is 17.2 Å². The van der Waals surface area contributed by atoms with Gasteiger partial charge in [0.05, 0.1) is 12.1 Å². The fraction of sp³-hybridized carbons (Fsp3) is 0.500. The van der Waals surface area contributed by atoms with E-state index in [1.807, 2.05) is 0 Å². The first-order valence-electron chi connectivity index (χ1n) is 11.2. The van der Waals surface area contributed by atoms with Gasteiger partial charge in [-0.25, -0.2) is 4.79 Å². The van der Waals surface area contributed by atoms with Crippen LogP contribution in [0.2, 0.25) is 0 Å². The first kappa shape index (κ1) is 30.7. The number of hydrogen-bond donors (Lipinski definition) is 9. The van der Waals surface area contributed by atoms with Gasteiger partial charge < -0.3 is 43.4 Å². The molecule has 36 heavy (non-hydrogen) atoms. The second-order valence-corrected chi connectivity index (χ2v) is 8.48. The molecule has 5 unspecified atom stereocenters. The molecule has 0 aromatic heterocycles. The number of carboxylic acids is 1. The van der Waals surface area contributed by atoms with E-state index in [1.54, 1.807) is 30.3 Å². The molecule has 1 aromatic carbocycles. The number of carbonyl (C=O) groups excluding carboxylic acids is 3. The van der Waals surface area contributed by atoms with Crippen molar-refractivity contribution in [3.05, 3.63) is 35.9 Å². The number of aliphatic imine (C=N–C) groups is 1. The summed E-state index contributed by atoms with van der Waals surface area (Å²) in [5.41, 5.74) is 17.0. The van der Waals surface area contributed by atoms with Crippen molar-refractivity contribution >= 4 is 42.3 Å². The summed E-state index contributed by atoms with van der Waals surface area (Å²) in [6.07, 6.45) is -0.668. The molecule has 11 N–H and O–H groups in total. The van der Waals surface area contributed by atoms with E-state index in [1.165, 1.54) is 6.92 Å². The predicted octanol–water partition coefficient (Wildman–Crippen LogP) is -2.54. The highest BCUT2D eigenvalue weighted by Crippen LogP contribution is 2.06. The van der Waals surface area contributed by atoms with Gasteiger partial charge in [-0.05, 0) is 25.3 Å².